The average Bonchev–Trinajstić information content (AvgIpc) is 2.50. The molecular formula is C18H25NOS. The van der Waals surface area contributed by atoms with Gasteiger partial charge in [-0.25, -0.2) is 0 Å². The summed E-state index contributed by atoms with van der Waals surface area (Å²) in [6.07, 6.45) is 8.45. The van der Waals surface area contributed by atoms with Crippen LogP contribution in [0.1, 0.15) is 43.2 Å². The maximum absolute atomic E-state index is 11.8. The summed E-state index contributed by atoms with van der Waals surface area (Å²) in [6.45, 7) is 2.91. The quantitative estimate of drug-likeness (QED) is 0.764. The van der Waals surface area contributed by atoms with Gasteiger partial charge >= 0.3 is 0 Å². The van der Waals surface area contributed by atoms with Gasteiger partial charge in [-0.05, 0) is 50.2 Å². The van der Waals surface area contributed by atoms with E-state index in [0.29, 0.717) is 5.75 Å². The zero-order chi connectivity index (χ0) is 14.9. The van der Waals surface area contributed by atoms with Gasteiger partial charge in [-0.3, -0.25) is 4.79 Å². The Labute approximate surface area is 132 Å². The Kier molecular flexibility index (Phi) is 6.87. The summed E-state index contributed by atoms with van der Waals surface area (Å²) in [6, 6.07) is 8.36. The van der Waals surface area contributed by atoms with Crippen LogP contribution in [0, 0.1) is 6.92 Å². The minimum Gasteiger partial charge on any atom is -0.355 e. The van der Waals surface area contributed by atoms with Crippen molar-refractivity contribution in [3.63, 3.8) is 0 Å². The lowest BCUT2D eigenvalue weighted by Crippen LogP contribution is -2.26. The predicted molar refractivity (Wildman–Crippen MR) is 91.5 cm³/mol. The number of nitrogens with one attached hydrogen (secondary N) is 1. The fraction of sp³-hybridized carbons (Fsp3) is 0.500. The summed E-state index contributed by atoms with van der Waals surface area (Å²) in [5, 5.41) is 3.03. The highest BCUT2D eigenvalue weighted by Crippen LogP contribution is 2.19. The second-order valence-electron chi connectivity index (χ2n) is 5.63. The van der Waals surface area contributed by atoms with Crippen molar-refractivity contribution in [3.05, 3.63) is 47.0 Å². The normalized spacial score (nSPS) is 14.6. The van der Waals surface area contributed by atoms with Crippen LogP contribution < -0.4 is 5.32 Å². The van der Waals surface area contributed by atoms with Crippen LogP contribution in [0.2, 0.25) is 0 Å². The fourth-order valence-corrected chi connectivity index (χ4v) is 3.50. The minimum absolute atomic E-state index is 0.157. The summed E-state index contributed by atoms with van der Waals surface area (Å²) in [7, 11) is 0. The van der Waals surface area contributed by atoms with Gasteiger partial charge in [0.1, 0.15) is 0 Å². The van der Waals surface area contributed by atoms with Gasteiger partial charge < -0.3 is 5.32 Å². The summed E-state index contributed by atoms with van der Waals surface area (Å²) >= 11 is 1.69. The summed E-state index contributed by atoms with van der Waals surface area (Å²) in [5.74, 6) is 1.61. The minimum atomic E-state index is 0.157. The molecule has 1 N–H and O–H groups in total. The summed E-state index contributed by atoms with van der Waals surface area (Å²) in [4.78, 5) is 11.8. The molecule has 0 heterocycles. The van der Waals surface area contributed by atoms with Crippen molar-refractivity contribution in [2.45, 2.75) is 44.8 Å². The van der Waals surface area contributed by atoms with Gasteiger partial charge in [-0.2, -0.15) is 0 Å². The summed E-state index contributed by atoms with van der Waals surface area (Å²) in [5.41, 5.74) is 4.14. The average molecular weight is 303 g/mol. The number of aryl methyl sites for hydroxylation is 1. The molecule has 0 atom stereocenters. The van der Waals surface area contributed by atoms with Gasteiger partial charge in [0, 0.05) is 12.3 Å². The highest BCUT2D eigenvalue weighted by molar-refractivity contribution is 7.99. The Hall–Kier alpha value is -1.22. The Bertz CT molecular complexity index is 496. The van der Waals surface area contributed by atoms with E-state index in [1.165, 1.54) is 42.4 Å². The third-order valence-electron chi connectivity index (χ3n) is 3.91. The van der Waals surface area contributed by atoms with Gasteiger partial charge in [0.15, 0.2) is 0 Å². The molecule has 114 valence electrons. The molecule has 3 heteroatoms. The Morgan fingerprint density at radius 1 is 1.29 bits per heavy atom. The van der Waals surface area contributed by atoms with E-state index in [0.717, 1.165) is 18.7 Å². The molecule has 0 saturated heterocycles. The number of benzene rings is 1. The molecule has 1 aromatic rings. The Balaban J connectivity index is 1.59. The molecule has 0 bridgehead atoms. The first-order valence-corrected chi connectivity index (χ1v) is 8.98. The molecule has 0 fully saturated rings. The van der Waals surface area contributed by atoms with Crippen LogP contribution in [0.25, 0.3) is 0 Å². The van der Waals surface area contributed by atoms with E-state index in [1.54, 1.807) is 11.8 Å². The number of thioether (sulfide) groups is 1. The maximum Gasteiger partial charge on any atom is 0.230 e. The SMILES string of the molecule is Cc1ccccc1CSCC(=O)NCCC1=CCCCC1. The molecule has 1 aliphatic carbocycles. The molecule has 0 saturated carbocycles. The Morgan fingerprint density at radius 3 is 2.90 bits per heavy atom. The lowest BCUT2D eigenvalue weighted by Gasteiger charge is -2.13. The molecule has 0 unspecified atom stereocenters. The number of hydrogen-bond donors (Lipinski definition) is 1. The van der Waals surface area contributed by atoms with Crippen LogP contribution in [0.15, 0.2) is 35.9 Å². The molecule has 0 aliphatic heterocycles. The standard InChI is InChI=1S/C18H25NOS/c1-15-7-5-6-10-17(15)13-21-14-18(20)19-12-11-16-8-3-2-4-9-16/h5-8,10H,2-4,9,11-14H2,1H3,(H,19,20). The van der Waals surface area contributed by atoms with E-state index in [1.807, 2.05) is 0 Å². The third-order valence-corrected chi connectivity index (χ3v) is 4.89. The Morgan fingerprint density at radius 2 is 2.14 bits per heavy atom. The van der Waals surface area contributed by atoms with Crippen LogP contribution in [-0.2, 0) is 10.5 Å². The van der Waals surface area contributed by atoms with Crippen molar-refractivity contribution in [1.82, 2.24) is 5.32 Å². The van der Waals surface area contributed by atoms with E-state index in [2.05, 4.69) is 42.6 Å². The highest BCUT2D eigenvalue weighted by Gasteiger charge is 2.06. The largest absolute Gasteiger partial charge is 0.355 e. The molecule has 2 rings (SSSR count). The van der Waals surface area contributed by atoms with Crippen LogP contribution in [0.5, 0.6) is 0 Å². The number of rotatable bonds is 7. The van der Waals surface area contributed by atoms with Crippen LogP contribution in [-0.4, -0.2) is 18.2 Å². The first-order valence-electron chi connectivity index (χ1n) is 7.82. The van der Waals surface area contributed by atoms with E-state index in [9.17, 15) is 4.79 Å². The number of carbonyl (C=O) groups excluding carboxylic acids is 1. The zero-order valence-electron chi connectivity index (χ0n) is 12.9. The molecular weight excluding hydrogens is 278 g/mol. The fourth-order valence-electron chi connectivity index (χ4n) is 2.57. The monoisotopic (exact) mass is 303 g/mol. The summed E-state index contributed by atoms with van der Waals surface area (Å²) < 4.78 is 0. The van der Waals surface area contributed by atoms with Crippen molar-refractivity contribution in [3.8, 4) is 0 Å². The van der Waals surface area contributed by atoms with Crippen LogP contribution >= 0.6 is 11.8 Å². The van der Waals surface area contributed by atoms with Gasteiger partial charge in [0.25, 0.3) is 0 Å². The second-order valence-corrected chi connectivity index (χ2v) is 6.61. The highest BCUT2D eigenvalue weighted by atomic mass is 32.2. The van der Waals surface area contributed by atoms with Crippen molar-refractivity contribution in [1.29, 1.82) is 0 Å². The molecule has 0 radical (unpaired) electrons. The van der Waals surface area contributed by atoms with Gasteiger partial charge in [0.2, 0.25) is 5.91 Å². The lowest BCUT2D eigenvalue weighted by molar-refractivity contribution is -0.118. The molecule has 0 aromatic heterocycles. The molecule has 0 spiro atoms. The van der Waals surface area contributed by atoms with E-state index < -0.39 is 0 Å². The number of amides is 1. The molecule has 1 aromatic carbocycles. The van der Waals surface area contributed by atoms with Crippen molar-refractivity contribution in [2.75, 3.05) is 12.3 Å². The molecule has 1 aliphatic rings. The van der Waals surface area contributed by atoms with E-state index in [-0.39, 0.29) is 5.91 Å². The third kappa shape index (κ3) is 5.96. The van der Waals surface area contributed by atoms with Crippen LogP contribution in [0.3, 0.4) is 0 Å². The van der Waals surface area contributed by atoms with Gasteiger partial charge in [-0.1, -0.05) is 35.9 Å². The predicted octanol–water partition coefficient (Wildman–Crippen LogP) is 4.23. The van der Waals surface area contributed by atoms with Crippen molar-refractivity contribution >= 4 is 17.7 Å². The van der Waals surface area contributed by atoms with Crippen LogP contribution in [0.4, 0.5) is 0 Å². The van der Waals surface area contributed by atoms with Crippen molar-refractivity contribution in [2.24, 2.45) is 0 Å². The molecule has 21 heavy (non-hydrogen) atoms. The topological polar surface area (TPSA) is 29.1 Å². The first-order chi connectivity index (χ1) is 10.3. The van der Waals surface area contributed by atoms with Gasteiger partial charge in [-0.15, -0.1) is 11.8 Å². The van der Waals surface area contributed by atoms with E-state index in [4.69, 9.17) is 0 Å². The maximum atomic E-state index is 11.8. The van der Waals surface area contributed by atoms with Crippen molar-refractivity contribution < 1.29 is 4.79 Å². The number of allylic oxidation sites excluding steroid dienone is 1. The smallest absolute Gasteiger partial charge is 0.230 e. The number of hydrogen-bond acceptors (Lipinski definition) is 2. The second kappa shape index (κ2) is 8.93. The lowest BCUT2D eigenvalue weighted by atomic mass is 9.97. The molecule has 1 amide bonds. The molecule has 2 nitrogen and oxygen atoms in total. The zero-order valence-corrected chi connectivity index (χ0v) is 13.7. The van der Waals surface area contributed by atoms with Gasteiger partial charge in [0.05, 0.1) is 5.75 Å². The van der Waals surface area contributed by atoms with E-state index >= 15 is 0 Å². The number of carbonyl (C=O) groups is 1. The first kappa shape index (κ1) is 16.2.